The minimum atomic E-state index is -0.346. The van der Waals surface area contributed by atoms with Crippen LogP contribution in [0.2, 0.25) is 0 Å². The molecule has 1 N–H and O–H groups in total. The van der Waals surface area contributed by atoms with Gasteiger partial charge >= 0.3 is 0 Å². The highest BCUT2D eigenvalue weighted by atomic mass is 16.2. The minimum Gasteiger partial charge on any atom is -0.331 e. The van der Waals surface area contributed by atoms with Gasteiger partial charge in [0.05, 0.1) is 11.9 Å². The van der Waals surface area contributed by atoms with Crippen LogP contribution in [0.5, 0.6) is 0 Å². The molecule has 6 nitrogen and oxygen atoms in total. The van der Waals surface area contributed by atoms with E-state index >= 15 is 0 Å². The summed E-state index contributed by atoms with van der Waals surface area (Å²) in [6, 6.07) is -0.346. The molecule has 6 heteroatoms. The van der Waals surface area contributed by atoms with E-state index < -0.39 is 0 Å². The zero-order chi connectivity index (χ0) is 14.5. The summed E-state index contributed by atoms with van der Waals surface area (Å²) in [4.78, 5) is 26.0. The third kappa shape index (κ3) is 3.18. The number of amides is 2. The van der Waals surface area contributed by atoms with Crippen LogP contribution in [0, 0.1) is 0 Å². The maximum absolute atomic E-state index is 12.4. The number of nitrogens with zero attached hydrogens (tertiary/aromatic N) is 3. The van der Waals surface area contributed by atoms with Crippen LogP contribution in [0.25, 0.3) is 0 Å². The van der Waals surface area contributed by atoms with Gasteiger partial charge in [-0.3, -0.25) is 14.3 Å². The summed E-state index contributed by atoms with van der Waals surface area (Å²) in [6.45, 7) is 5.26. The van der Waals surface area contributed by atoms with E-state index in [9.17, 15) is 9.59 Å². The van der Waals surface area contributed by atoms with E-state index in [1.165, 1.54) is 0 Å². The summed E-state index contributed by atoms with van der Waals surface area (Å²) >= 11 is 0. The molecule has 0 aromatic carbocycles. The van der Waals surface area contributed by atoms with Crippen LogP contribution in [0.4, 0.5) is 5.69 Å². The number of hydrogen-bond acceptors (Lipinski definition) is 3. The fraction of sp³-hybridized carbons (Fsp3) is 0.643. The van der Waals surface area contributed by atoms with Crippen LogP contribution in [0.15, 0.2) is 12.4 Å². The lowest BCUT2D eigenvalue weighted by molar-refractivity contribution is -0.140. The average molecular weight is 278 g/mol. The third-order valence-corrected chi connectivity index (χ3v) is 3.65. The van der Waals surface area contributed by atoms with Crippen molar-refractivity contribution in [3.05, 3.63) is 12.4 Å². The fourth-order valence-electron chi connectivity index (χ4n) is 2.53. The number of hydrogen-bond donors (Lipinski definition) is 1. The molecule has 1 aromatic rings. The summed E-state index contributed by atoms with van der Waals surface area (Å²) in [5.74, 6) is -0.0590. The molecule has 0 radical (unpaired) electrons. The van der Waals surface area contributed by atoms with Crippen molar-refractivity contribution in [3.8, 4) is 0 Å². The summed E-state index contributed by atoms with van der Waals surface area (Å²) in [6.07, 6.45) is 6.57. The Hall–Kier alpha value is -1.85. The van der Waals surface area contributed by atoms with Gasteiger partial charge in [-0.1, -0.05) is 6.92 Å². The number of rotatable bonds is 4. The summed E-state index contributed by atoms with van der Waals surface area (Å²) in [5.41, 5.74) is 0.686. The lowest BCUT2D eigenvalue weighted by Crippen LogP contribution is -2.49. The van der Waals surface area contributed by atoms with Crippen molar-refractivity contribution in [1.29, 1.82) is 0 Å². The first-order chi connectivity index (χ1) is 9.65. The molecular formula is C14H22N4O2. The molecule has 0 bridgehead atoms. The predicted octanol–water partition coefficient (Wildman–Crippen LogP) is 1.63. The van der Waals surface area contributed by atoms with E-state index in [-0.39, 0.29) is 17.9 Å². The van der Waals surface area contributed by atoms with Gasteiger partial charge in [0.25, 0.3) is 0 Å². The number of piperidine rings is 1. The maximum atomic E-state index is 12.4. The molecule has 2 amide bonds. The van der Waals surface area contributed by atoms with E-state index in [1.807, 2.05) is 13.8 Å². The number of carbonyl (C=O) groups excluding carboxylic acids is 2. The first-order valence-corrected chi connectivity index (χ1v) is 7.28. The number of likely N-dealkylation sites (tertiary alicyclic amines) is 1. The molecule has 2 heterocycles. The number of carbonyl (C=O) groups is 2. The quantitative estimate of drug-likeness (QED) is 0.910. The molecular weight excluding hydrogens is 256 g/mol. The third-order valence-electron chi connectivity index (χ3n) is 3.65. The Morgan fingerprint density at radius 3 is 2.85 bits per heavy atom. The van der Waals surface area contributed by atoms with Crippen molar-refractivity contribution in [3.63, 3.8) is 0 Å². The average Bonchev–Trinajstić information content (AvgIpc) is 2.94. The van der Waals surface area contributed by atoms with Crippen molar-refractivity contribution in [2.75, 3.05) is 11.9 Å². The highest BCUT2D eigenvalue weighted by Gasteiger charge is 2.31. The second-order valence-electron chi connectivity index (χ2n) is 5.03. The van der Waals surface area contributed by atoms with E-state index in [0.717, 1.165) is 25.8 Å². The molecule has 1 atom stereocenters. The molecule has 1 fully saturated rings. The molecule has 0 spiro atoms. The largest absolute Gasteiger partial charge is 0.331 e. The SMILES string of the molecule is CCC(=O)N1CCCCC1C(=O)Nc1cnn(CC)c1. The molecule has 2 rings (SSSR count). The Bertz CT molecular complexity index is 483. The van der Waals surface area contributed by atoms with E-state index in [0.29, 0.717) is 18.7 Å². The van der Waals surface area contributed by atoms with Gasteiger partial charge in [0.2, 0.25) is 11.8 Å². The molecule has 0 aliphatic carbocycles. The monoisotopic (exact) mass is 278 g/mol. The van der Waals surface area contributed by atoms with Gasteiger partial charge in [-0.05, 0) is 26.2 Å². The Morgan fingerprint density at radius 2 is 2.20 bits per heavy atom. The van der Waals surface area contributed by atoms with Gasteiger partial charge in [0.1, 0.15) is 6.04 Å². The number of nitrogens with one attached hydrogen (secondary N) is 1. The van der Waals surface area contributed by atoms with E-state index in [1.54, 1.807) is 22.0 Å². The van der Waals surface area contributed by atoms with Crippen LogP contribution < -0.4 is 5.32 Å². The first kappa shape index (κ1) is 14.6. The van der Waals surface area contributed by atoms with Crippen LogP contribution in [-0.2, 0) is 16.1 Å². The second kappa shape index (κ2) is 6.54. The highest BCUT2D eigenvalue weighted by Crippen LogP contribution is 2.19. The molecule has 1 unspecified atom stereocenters. The minimum absolute atomic E-state index is 0.0501. The summed E-state index contributed by atoms with van der Waals surface area (Å²) in [5, 5.41) is 6.98. The number of aryl methyl sites for hydroxylation is 1. The summed E-state index contributed by atoms with van der Waals surface area (Å²) < 4.78 is 1.76. The first-order valence-electron chi connectivity index (χ1n) is 7.28. The van der Waals surface area contributed by atoms with Crippen LogP contribution in [0.1, 0.15) is 39.5 Å². The molecule has 1 saturated heterocycles. The van der Waals surface area contributed by atoms with Crippen molar-refractivity contribution in [2.24, 2.45) is 0 Å². The lowest BCUT2D eigenvalue weighted by atomic mass is 10.0. The van der Waals surface area contributed by atoms with Crippen LogP contribution in [0.3, 0.4) is 0 Å². The lowest BCUT2D eigenvalue weighted by Gasteiger charge is -2.34. The Balaban J connectivity index is 2.03. The molecule has 1 aliphatic rings. The van der Waals surface area contributed by atoms with E-state index in [4.69, 9.17) is 0 Å². The number of aromatic nitrogens is 2. The Kier molecular flexibility index (Phi) is 4.76. The second-order valence-corrected chi connectivity index (χ2v) is 5.03. The highest BCUT2D eigenvalue weighted by molar-refractivity contribution is 5.97. The molecule has 1 aliphatic heterocycles. The zero-order valence-corrected chi connectivity index (χ0v) is 12.1. The van der Waals surface area contributed by atoms with E-state index in [2.05, 4.69) is 10.4 Å². The molecule has 110 valence electrons. The maximum Gasteiger partial charge on any atom is 0.247 e. The Morgan fingerprint density at radius 1 is 1.40 bits per heavy atom. The van der Waals surface area contributed by atoms with Gasteiger partial charge in [-0.15, -0.1) is 0 Å². The summed E-state index contributed by atoms with van der Waals surface area (Å²) in [7, 11) is 0. The standard InChI is InChI=1S/C14H22N4O2/c1-3-13(19)18-8-6-5-7-12(18)14(20)16-11-9-15-17(4-2)10-11/h9-10,12H,3-8H2,1-2H3,(H,16,20). The van der Waals surface area contributed by atoms with Gasteiger partial charge in [-0.25, -0.2) is 0 Å². The van der Waals surface area contributed by atoms with Gasteiger partial charge in [-0.2, -0.15) is 5.10 Å². The normalized spacial score (nSPS) is 18.9. The van der Waals surface area contributed by atoms with Crippen molar-refractivity contribution in [2.45, 2.75) is 52.1 Å². The predicted molar refractivity (Wildman–Crippen MR) is 76.2 cm³/mol. The smallest absolute Gasteiger partial charge is 0.247 e. The number of anilines is 1. The van der Waals surface area contributed by atoms with Gasteiger partial charge in [0, 0.05) is 25.7 Å². The fourth-order valence-corrected chi connectivity index (χ4v) is 2.53. The molecule has 1 aromatic heterocycles. The van der Waals surface area contributed by atoms with Crippen LogP contribution in [-0.4, -0.2) is 39.1 Å². The van der Waals surface area contributed by atoms with Crippen LogP contribution >= 0.6 is 0 Å². The molecule has 0 saturated carbocycles. The van der Waals surface area contributed by atoms with Crippen molar-refractivity contribution >= 4 is 17.5 Å². The van der Waals surface area contributed by atoms with Gasteiger partial charge in [0.15, 0.2) is 0 Å². The van der Waals surface area contributed by atoms with Crippen molar-refractivity contribution < 1.29 is 9.59 Å². The van der Waals surface area contributed by atoms with Crippen molar-refractivity contribution in [1.82, 2.24) is 14.7 Å². The van der Waals surface area contributed by atoms with Gasteiger partial charge < -0.3 is 10.2 Å². The molecule has 20 heavy (non-hydrogen) atoms. The Labute approximate surface area is 119 Å². The zero-order valence-electron chi connectivity index (χ0n) is 12.1. The topological polar surface area (TPSA) is 67.2 Å².